The van der Waals surface area contributed by atoms with Crippen molar-refractivity contribution in [2.24, 2.45) is 71.0 Å². The van der Waals surface area contributed by atoms with E-state index in [-0.39, 0.29) is 11.5 Å². The number of phenolic OH excluding ortho intramolecular Hbond substituents is 2. The number of nitrogens with zero attached hydrogens (tertiary/aromatic N) is 6. The average Bonchev–Trinajstić information content (AvgIpc) is 1.57. The Morgan fingerprint density at radius 1 is 0.379 bits per heavy atom. The van der Waals surface area contributed by atoms with Crippen molar-refractivity contribution in [3.05, 3.63) is 304 Å². The molecule has 5 fully saturated rings. The van der Waals surface area contributed by atoms with E-state index >= 15 is 0 Å². The third-order valence-corrected chi connectivity index (χ3v) is 26.4. The fourth-order valence-electron chi connectivity index (χ4n) is 20.0. The van der Waals surface area contributed by atoms with Crippen molar-refractivity contribution in [3.63, 3.8) is 0 Å². The third kappa shape index (κ3) is 18.2. The van der Waals surface area contributed by atoms with Crippen LogP contribution in [0.5, 0.6) is 23.0 Å². The van der Waals surface area contributed by atoms with E-state index in [4.69, 9.17) is 39.4 Å². The molecule has 0 amide bonds. The highest BCUT2D eigenvalue weighted by Crippen LogP contribution is 2.55. The molecule has 18 rings (SSSR count). The molecular weight excluding hydrogens is 1420 g/mol. The summed E-state index contributed by atoms with van der Waals surface area (Å²) in [6.07, 6.45) is 39.5. The van der Waals surface area contributed by atoms with Crippen molar-refractivity contribution in [3.8, 4) is 136 Å². The van der Waals surface area contributed by atoms with E-state index in [0.29, 0.717) is 106 Å². The monoisotopic (exact) mass is 1530 g/mol. The second-order valence-corrected chi connectivity index (χ2v) is 33.4. The van der Waals surface area contributed by atoms with Gasteiger partial charge in [-0.2, -0.15) is 0 Å². The maximum atomic E-state index is 11.4. The van der Waals surface area contributed by atoms with Crippen molar-refractivity contribution in [1.29, 1.82) is 0 Å². The van der Waals surface area contributed by atoms with E-state index in [1.54, 1.807) is 12.1 Å². The zero-order chi connectivity index (χ0) is 78.5. The van der Waals surface area contributed by atoms with Gasteiger partial charge in [-0.1, -0.05) is 300 Å². The van der Waals surface area contributed by atoms with Crippen LogP contribution in [0.3, 0.4) is 0 Å². The van der Waals surface area contributed by atoms with Gasteiger partial charge in [-0.05, 0) is 217 Å². The Morgan fingerprint density at radius 2 is 0.810 bits per heavy atom. The molecule has 12 aromatic rings. The molecule has 116 heavy (non-hydrogen) atoms. The summed E-state index contributed by atoms with van der Waals surface area (Å²) in [5.74, 6) is 13.9. The standard InChI is InChI=1S/C53H57N3O2.C53H49N3O2/c2*1-2-36-18-19-37(33-36)20-21-45-34-44(47-16-9-17-48(45)47)15-10-32-58-46-30-31-49(50(57)35-46)53-55-51(42-26-22-40(23-27-42)38-11-5-3-6-12-38)54-52(56-53)43-28-24-41(25-29-43)39-13-7-4-8-14-39/h3-8,11-14,22-31,35-37,44-45,47-48,57H,2,9-10,15-21,32-34H2,1H3;2-16,20-31,35-37,44-45,47-48,57H,1,17-19,32-34H2/b;15-10-,21-20-. The highest BCUT2D eigenvalue weighted by atomic mass is 16.5. The molecule has 2 aromatic heterocycles. The lowest BCUT2D eigenvalue weighted by Crippen LogP contribution is -2.12. The first-order chi connectivity index (χ1) is 57.1. The van der Waals surface area contributed by atoms with Crippen molar-refractivity contribution >= 4 is 0 Å². The average molecular weight is 1530 g/mol. The van der Waals surface area contributed by atoms with Crippen LogP contribution in [-0.4, -0.2) is 53.3 Å². The lowest BCUT2D eigenvalue weighted by atomic mass is 9.85. The summed E-state index contributed by atoms with van der Waals surface area (Å²) in [7, 11) is 0. The van der Waals surface area contributed by atoms with Gasteiger partial charge < -0.3 is 19.7 Å². The molecule has 0 radical (unpaired) electrons. The zero-order valence-electron chi connectivity index (χ0n) is 66.8. The summed E-state index contributed by atoms with van der Waals surface area (Å²) in [5, 5.41) is 22.8. The van der Waals surface area contributed by atoms with Crippen molar-refractivity contribution < 1.29 is 19.7 Å². The number of rotatable bonds is 26. The van der Waals surface area contributed by atoms with Gasteiger partial charge in [0.15, 0.2) is 34.9 Å². The minimum atomic E-state index is 0.0504. The lowest BCUT2D eigenvalue weighted by molar-refractivity contribution is 0.266. The predicted molar refractivity (Wildman–Crippen MR) is 472 cm³/mol. The van der Waals surface area contributed by atoms with Crippen LogP contribution in [0.15, 0.2) is 304 Å². The molecule has 12 atom stereocenters. The lowest BCUT2D eigenvalue weighted by Gasteiger charge is -2.20. The number of ether oxygens (including phenoxy) is 2. The summed E-state index contributed by atoms with van der Waals surface area (Å²) in [6.45, 7) is 7.49. The second-order valence-electron chi connectivity index (χ2n) is 33.4. The van der Waals surface area contributed by atoms with Crippen molar-refractivity contribution in [1.82, 2.24) is 29.9 Å². The minimum absolute atomic E-state index is 0.0504. The Hall–Kier alpha value is -11.6. The molecule has 12 unspecified atom stereocenters. The Labute approximate surface area is 685 Å². The SMILES string of the molecule is C=CC1CCC(/C=C\C2CC(/C=C\COc3ccc(-c4nc(-c5ccc(-c6ccccc6)cc5)nc(-c5ccc(-c6ccccc6)cc5)n4)c(O)c3)C3C=CCC23)C1.CCC1CCC(CCC2CC(CCCOc3ccc(-c4nc(-c5ccc(-c6ccccc6)cc5)nc(-c5ccc(-c6ccccc6)cc5)n4)c(O)c3)C3CCCC23)C1. The fourth-order valence-corrected chi connectivity index (χ4v) is 20.0. The Balaban J connectivity index is 0.000000167. The van der Waals surface area contributed by atoms with Crippen LogP contribution in [0.4, 0.5) is 0 Å². The van der Waals surface area contributed by atoms with Crippen molar-refractivity contribution in [2.75, 3.05) is 13.2 Å². The molecule has 2 heterocycles. The zero-order valence-corrected chi connectivity index (χ0v) is 66.8. The van der Waals surface area contributed by atoms with E-state index in [0.717, 1.165) is 109 Å². The summed E-state index contributed by atoms with van der Waals surface area (Å²) >= 11 is 0. The number of aromatic hydroxyl groups is 2. The number of phenols is 2. The van der Waals surface area contributed by atoms with Gasteiger partial charge in [0.25, 0.3) is 0 Å². The van der Waals surface area contributed by atoms with Gasteiger partial charge in [0, 0.05) is 34.4 Å². The number of allylic oxidation sites excluding steroid dienone is 6. The Morgan fingerprint density at radius 3 is 1.26 bits per heavy atom. The first-order valence-corrected chi connectivity index (χ1v) is 42.9. The van der Waals surface area contributed by atoms with Crippen molar-refractivity contribution in [2.45, 2.75) is 116 Å². The van der Waals surface area contributed by atoms with Gasteiger partial charge in [0.05, 0.1) is 17.7 Å². The van der Waals surface area contributed by atoms with E-state index in [1.165, 1.54) is 103 Å². The number of hydrogen-bond donors (Lipinski definition) is 2. The van der Waals surface area contributed by atoms with Crippen LogP contribution in [0.1, 0.15) is 116 Å². The topological polar surface area (TPSA) is 136 Å². The van der Waals surface area contributed by atoms with Gasteiger partial charge >= 0.3 is 0 Å². The van der Waals surface area contributed by atoms with Gasteiger partial charge in [-0.3, -0.25) is 0 Å². The molecule has 5 saturated carbocycles. The molecule has 10 aromatic carbocycles. The maximum Gasteiger partial charge on any atom is 0.167 e. The molecule has 10 heteroatoms. The molecule has 0 spiro atoms. The van der Waals surface area contributed by atoms with Crippen LogP contribution in [0.2, 0.25) is 0 Å². The van der Waals surface area contributed by atoms with Crippen LogP contribution in [0.25, 0.3) is 113 Å². The first-order valence-electron chi connectivity index (χ1n) is 42.9. The van der Waals surface area contributed by atoms with Gasteiger partial charge in [-0.15, -0.1) is 6.58 Å². The van der Waals surface area contributed by atoms with E-state index < -0.39 is 0 Å². The molecule has 6 aliphatic carbocycles. The highest BCUT2D eigenvalue weighted by molar-refractivity contribution is 5.77. The number of aromatic nitrogens is 6. The Kier molecular flexibility index (Phi) is 24.2. The van der Waals surface area contributed by atoms with E-state index in [9.17, 15) is 10.2 Å². The van der Waals surface area contributed by atoms with Gasteiger partial charge in [-0.25, -0.2) is 29.9 Å². The molecule has 0 bridgehead atoms. The summed E-state index contributed by atoms with van der Waals surface area (Å²) in [6, 6.07) is 85.3. The maximum absolute atomic E-state index is 11.4. The second kappa shape index (κ2) is 36.5. The number of benzene rings is 10. The molecular formula is C106H106N6O4. The first kappa shape index (κ1) is 77.0. The molecule has 2 N–H and O–H groups in total. The highest BCUT2D eigenvalue weighted by Gasteiger charge is 2.45. The van der Waals surface area contributed by atoms with Crippen LogP contribution in [0, 0.1) is 71.0 Å². The smallest absolute Gasteiger partial charge is 0.167 e. The summed E-state index contributed by atoms with van der Waals surface area (Å²) in [4.78, 5) is 29.6. The third-order valence-electron chi connectivity index (χ3n) is 26.4. The number of hydrogen-bond acceptors (Lipinski definition) is 10. The largest absolute Gasteiger partial charge is 0.507 e. The van der Waals surface area contributed by atoms with Gasteiger partial charge in [0.1, 0.15) is 29.6 Å². The molecule has 10 nitrogen and oxygen atoms in total. The summed E-state index contributed by atoms with van der Waals surface area (Å²) < 4.78 is 12.4. The Bertz CT molecular complexity index is 5160. The summed E-state index contributed by atoms with van der Waals surface area (Å²) in [5.41, 5.74) is 13.6. The molecule has 0 saturated heterocycles. The predicted octanol–water partition coefficient (Wildman–Crippen LogP) is 26.6. The van der Waals surface area contributed by atoms with E-state index in [2.05, 4.69) is 177 Å². The van der Waals surface area contributed by atoms with Crippen LogP contribution < -0.4 is 9.47 Å². The quantitative estimate of drug-likeness (QED) is 0.0398. The number of fused-ring (bicyclic) bond motifs is 2. The van der Waals surface area contributed by atoms with Crippen LogP contribution in [-0.2, 0) is 0 Å². The van der Waals surface area contributed by atoms with Crippen LogP contribution >= 0.6 is 0 Å². The van der Waals surface area contributed by atoms with Gasteiger partial charge in [0.2, 0.25) is 0 Å². The molecule has 584 valence electrons. The van der Waals surface area contributed by atoms with E-state index in [1.807, 2.05) is 121 Å². The fraction of sp³-hybridized carbons (Fsp3) is 0.302. The normalized spacial score (nSPS) is 22.5. The minimum Gasteiger partial charge on any atom is -0.507 e. The molecule has 6 aliphatic rings. The molecule has 0 aliphatic heterocycles.